The van der Waals surface area contributed by atoms with Crippen molar-refractivity contribution in [1.29, 1.82) is 0 Å². The van der Waals surface area contributed by atoms with Gasteiger partial charge in [-0.05, 0) is 18.6 Å². The number of hydrogen-bond donors (Lipinski definition) is 1. The molecule has 0 fully saturated rings. The molecule has 0 saturated carbocycles. The molecule has 0 spiro atoms. The maximum Gasteiger partial charge on any atom is 0.240 e. The van der Waals surface area contributed by atoms with Gasteiger partial charge in [0.15, 0.2) is 0 Å². The molecule has 37 heavy (non-hydrogen) atoms. The summed E-state index contributed by atoms with van der Waals surface area (Å²) in [4.78, 5) is 12.3. The molecule has 0 bridgehead atoms. The summed E-state index contributed by atoms with van der Waals surface area (Å²) in [5.74, 6) is -0.0314. The van der Waals surface area contributed by atoms with Crippen molar-refractivity contribution >= 4 is 12.1 Å². The van der Waals surface area contributed by atoms with E-state index in [1.807, 2.05) is 71.5 Å². The number of nitrogens with one attached hydrogen (secondary N) is 1. The number of aromatic nitrogens is 2. The minimum atomic E-state index is -0.0314. The van der Waals surface area contributed by atoms with Crippen molar-refractivity contribution in [3.8, 4) is 16.9 Å². The zero-order valence-corrected chi connectivity index (χ0v) is 22.6. The van der Waals surface area contributed by atoms with Gasteiger partial charge in [-0.3, -0.25) is 4.79 Å². The summed E-state index contributed by atoms with van der Waals surface area (Å²) < 4.78 is 1.85. The average molecular weight is 501 g/mol. The number of nitrogens with zero attached hydrogens (tertiary/aromatic N) is 3. The second-order valence-corrected chi connectivity index (χ2v) is 9.87. The first-order valence-corrected chi connectivity index (χ1v) is 14.3. The van der Waals surface area contributed by atoms with Gasteiger partial charge in [0.1, 0.15) is 5.69 Å². The Morgan fingerprint density at radius 1 is 0.784 bits per heavy atom. The van der Waals surface area contributed by atoms with Crippen LogP contribution in [0.2, 0.25) is 0 Å². The molecular formula is C32H44N4O. The summed E-state index contributed by atoms with van der Waals surface area (Å²) in [5.41, 5.74) is 6.37. The van der Waals surface area contributed by atoms with E-state index in [0.717, 1.165) is 35.3 Å². The van der Waals surface area contributed by atoms with Crippen LogP contribution in [0, 0.1) is 0 Å². The highest BCUT2D eigenvalue weighted by Gasteiger charge is 2.11. The maximum atomic E-state index is 12.3. The van der Waals surface area contributed by atoms with Crippen molar-refractivity contribution in [2.75, 3.05) is 0 Å². The number of unbranched alkanes of at least 4 members (excludes halogenated alkanes) is 12. The number of carbonyl (C=O) groups excluding carboxylic acids is 1. The predicted molar refractivity (Wildman–Crippen MR) is 155 cm³/mol. The van der Waals surface area contributed by atoms with Crippen LogP contribution in [0.4, 0.5) is 0 Å². The number of hydrogen-bond acceptors (Lipinski definition) is 3. The Kier molecular flexibility index (Phi) is 13.2. The number of benzene rings is 2. The van der Waals surface area contributed by atoms with Crippen LogP contribution in [0.15, 0.2) is 72.0 Å². The average Bonchev–Trinajstić information content (AvgIpc) is 3.36. The molecular weight excluding hydrogens is 456 g/mol. The van der Waals surface area contributed by atoms with Crippen LogP contribution < -0.4 is 5.43 Å². The molecule has 3 aromatic rings. The van der Waals surface area contributed by atoms with Crippen LogP contribution in [0.5, 0.6) is 0 Å². The fourth-order valence-electron chi connectivity index (χ4n) is 4.55. The smallest absolute Gasteiger partial charge is 0.240 e. The highest BCUT2D eigenvalue weighted by Crippen LogP contribution is 2.22. The van der Waals surface area contributed by atoms with Gasteiger partial charge in [0, 0.05) is 23.7 Å². The van der Waals surface area contributed by atoms with E-state index < -0.39 is 0 Å². The van der Waals surface area contributed by atoms with Crippen LogP contribution in [0.3, 0.4) is 0 Å². The third-order valence-corrected chi connectivity index (χ3v) is 6.71. The van der Waals surface area contributed by atoms with Gasteiger partial charge in [-0.1, -0.05) is 133 Å². The molecule has 0 atom stereocenters. The number of carbonyl (C=O) groups is 1. The number of amides is 1. The van der Waals surface area contributed by atoms with Crippen LogP contribution >= 0.6 is 0 Å². The Bertz CT molecular complexity index is 1040. The summed E-state index contributed by atoms with van der Waals surface area (Å²) in [6.07, 6.45) is 21.1. The largest absolute Gasteiger partial charge is 0.273 e. The van der Waals surface area contributed by atoms with Crippen LogP contribution in [-0.4, -0.2) is 21.9 Å². The Balaban J connectivity index is 1.35. The van der Waals surface area contributed by atoms with E-state index in [1.165, 1.54) is 70.6 Å². The van der Waals surface area contributed by atoms with Crippen molar-refractivity contribution in [2.45, 2.75) is 96.8 Å². The van der Waals surface area contributed by atoms with E-state index in [4.69, 9.17) is 5.10 Å². The van der Waals surface area contributed by atoms with Crippen LogP contribution in [0.25, 0.3) is 16.9 Å². The van der Waals surface area contributed by atoms with E-state index in [-0.39, 0.29) is 5.91 Å². The Labute approximate surface area is 223 Å². The van der Waals surface area contributed by atoms with Gasteiger partial charge in [-0.2, -0.15) is 10.2 Å². The molecule has 1 amide bonds. The Morgan fingerprint density at radius 2 is 1.32 bits per heavy atom. The zero-order valence-electron chi connectivity index (χ0n) is 22.6. The normalized spacial score (nSPS) is 11.3. The summed E-state index contributed by atoms with van der Waals surface area (Å²) in [6.45, 7) is 2.27. The molecule has 5 heteroatoms. The SMILES string of the molecule is CCCCCCCCCCCCCCCC(=O)N/N=C\c1cn(-c2ccccc2)nc1-c1ccccc1. The van der Waals surface area contributed by atoms with Gasteiger partial charge in [0.05, 0.1) is 11.9 Å². The lowest BCUT2D eigenvalue weighted by Gasteiger charge is -2.03. The van der Waals surface area contributed by atoms with E-state index in [1.54, 1.807) is 6.21 Å². The Hall–Kier alpha value is -3.21. The lowest BCUT2D eigenvalue weighted by atomic mass is 10.0. The molecule has 0 aliphatic carbocycles. The third-order valence-electron chi connectivity index (χ3n) is 6.71. The third kappa shape index (κ3) is 10.7. The van der Waals surface area contributed by atoms with Crippen molar-refractivity contribution in [3.05, 3.63) is 72.4 Å². The van der Waals surface area contributed by atoms with E-state index >= 15 is 0 Å². The summed E-state index contributed by atoms with van der Waals surface area (Å²) in [5, 5.41) is 9.01. The molecule has 0 radical (unpaired) electrons. The number of hydrazone groups is 1. The zero-order chi connectivity index (χ0) is 26.0. The van der Waals surface area contributed by atoms with Crippen molar-refractivity contribution in [1.82, 2.24) is 15.2 Å². The molecule has 5 nitrogen and oxygen atoms in total. The second-order valence-electron chi connectivity index (χ2n) is 9.87. The molecule has 3 rings (SSSR count). The summed E-state index contributed by atoms with van der Waals surface area (Å²) >= 11 is 0. The molecule has 0 aliphatic heterocycles. The van der Waals surface area contributed by atoms with Gasteiger partial charge in [0.2, 0.25) is 5.91 Å². The Morgan fingerprint density at radius 3 is 1.92 bits per heavy atom. The minimum Gasteiger partial charge on any atom is -0.273 e. The first kappa shape index (κ1) is 28.4. The van der Waals surface area contributed by atoms with Crippen LogP contribution in [0.1, 0.15) is 102 Å². The van der Waals surface area contributed by atoms with Gasteiger partial charge in [-0.15, -0.1) is 0 Å². The quantitative estimate of drug-likeness (QED) is 0.108. The topological polar surface area (TPSA) is 59.3 Å². The predicted octanol–water partition coefficient (Wildman–Crippen LogP) is 8.47. The lowest BCUT2D eigenvalue weighted by Crippen LogP contribution is -2.16. The highest BCUT2D eigenvalue weighted by molar-refractivity contribution is 5.89. The van der Waals surface area contributed by atoms with E-state index in [9.17, 15) is 4.79 Å². The molecule has 1 heterocycles. The first-order valence-electron chi connectivity index (χ1n) is 14.3. The summed E-state index contributed by atoms with van der Waals surface area (Å²) in [6, 6.07) is 20.0. The van der Waals surface area contributed by atoms with Gasteiger partial charge < -0.3 is 0 Å². The first-order chi connectivity index (χ1) is 18.3. The fourth-order valence-corrected chi connectivity index (χ4v) is 4.55. The monoisotopic (exact) mass is 500 g/mol. The van der Waals surface area contributed by atoms with Crippen molar-refractivity contribution in [2.24, 2.45) is 5.10 Å². The lowest BCUT2D eigenvalue weighted by molar-refractivity contribution is -0.121. The van der Waals surface area contributed by atoms with Crippen molar-refractivity contribution < 1.29 is 4.79 Å². The number of rotatable bonds is 18. The molecule has 198 valence electrons. The molecule has 0 unspecified atom stereocenters. The molecule has 0 aliphatic rings. The minimum absolute atomic E-state index is 0.0314. The van der Waals surface area contributed by atoms with Crippen molar-refractivity contribution in [3.63, 3.8) is 0 Å². The van der Waals surface area contributed by atoms with Crippen LogP contribution in [-0.2, 0) is 4.79 Å². The highest BCUT2D eigenvalue weighted by atomic mass is 16.2. The second kappa shape index (κ2) is 17.3. The van der Waals surface area contributed by atoms with Gasteiger partial charge >= 0.3 is 0 Å². The van der Waals surface area contributed by atoms with E-state index in [2.05, 4.69) is 17.5 Å². The summed E-state index contributed by atoms with van der Waals surface area (Å²) in [7, 11) is 0. The van der Waals surface area contributed by atoms with E-state index in [0.29, 0.717) is 6.42 Å². The standard InChI is InChI=1S/C32H44N4O/c1-2-3-4-5-6-7-8-9-10-11-12-13-20-25-31(37)34-33-26-29-27-36(30-23-18-15-19-24-30)35-32(29)28-21-16-14-17-22-28/h14-19,21-24,26-27H,2-13,20,25H2,1H3,(H,34,37)/b33-26-. The maximum absolute atomic E-state index is 12.3. The fraction of sp³-hybridized carbons (Fsp3) is 0.469. The molecule has 1 N–H and O–H groups in total. The number of para-hydroxylation sites is 1. The molecule has 0 saturated heterocycles. The molecule has 2 aromatic carbocycles. The molecule has 1 aromatic heterocycles. The van der Waals surface area contributed by atoms with Gasteiger partial charge in [0.25, 0.3) is 0 Å². The van der Waals surface area contributed by atoms with Gasteiger partial charge in [-0.25, -0.2) is 10.1 Å².